The van der Waals surface area contributed by atoms with Crippen LogP contribution in [0.2, 0.25) is 0 Å². The Hall–Kier alpha value is -1.19. The molecule has 0 bridgehead atoms. The Bertz CT molecular complexity index is 558. The molecule has 114 valence electrons. The Morgan fingerprint density at radius 2 is 1.90 bits per heavy atom. The molecule has 3 N–H and O–H groups in total. The summed E-state index contributed by atoms with van der Waals surface area (Å²) in [7, 11) is -4.17. The predicted octanol–water partition coefficient (Wildman–Crippen LogP) is 1.91. The SMILES string of the molecule is NCc1ccc(S(=O)(=O)NCCCC(F)(F)F)c(F)c1. The van der Waals surface area contributed by atoms with Gasteiger partial charge in [0.05, 0.1) is 0 Å². The first-order valence-electron chi connectivity index (χ1n) is 5.70. The lowest BCUT2D eigenvalue weighted by Gasteiger charge is -2.09. The molecule has 0 saturated carbocycles. The smallest absolute Gasteiger partial charge is 0.326 e. The lowest BCUT2D eigenvalue weighted by Crippen LogP contribution is -2.26. The summed E-state index contributed by atoms with van der Waals surface area (Å²) in [4.78, 5) is -0.610. The third kappa shape index (κ3) is 5.06. The Morgan fingerprint density at radius 3 is 2.40 bits per heavy atom. The molecule has 1 rings (SSSR count). The van der Waals surface area contributed by atoms with Gasteiger partial charge in [-0.1, -0.05) is 6.07 Å². The molecule has 9 heteroatoms. The van der Waals surface area contributed by atoms with E-state index >= 15 is 0 Å². The highest BCUT2D eigenvalue weighted by Gasteiger charge is 2.26. The van der Waals surface area contributed by atoms with Gasteiger partial charge < -0.3 is 5.73 Å². The summed E-state index contributed by atoms with van der Waals surface area (Å²) in [6.45, 7) is -0.365. The molecule has 0 amide bonds. The van der Waals surface area contributed by atoms with Gasteiger partial charge in [-0.05, 0) is 24.1 Å². The van der Waals surface area contributed by atoms with Crippen molar-refractivity contribution in [3.05, 3.63) is 29.6 Å². The van der Waals surface area contributed by atoms with Gasteiger partial charge in [-0.3, -0.25) is 0 Å². The average molecular weight is 314 g/mol. The van der Waals surface area contributed by atoms with Gasteiger partial charge in [0.1, 0.15) is 10.7 Å². The number of nitrogens with two attached hydrogens (primary N) is 1. The second kappa shape index (κ2) is 6.51. The van der Waals surface area contributed by atoms with E-state index in [0.717, 1.165) is 12.1 Å². The standard InChI is InChI=1S/C11H14F4N2O2S/c12-9-6-8(7-16)2-3-10(9)20(18,19)17-5-1-4-11(13,14)15/h2-3,6,17H,1,4-5,7,16H2. The molecule has 0 radical (unpaired) electrons. The summed E-state index contributed by atoms with van der Waals surface area (Å²) in [6.07, 6.45) is -5.87. The molecule has 0 unspecified atom stereocenters. The summed E-state index contributed by atoms with van der Waals surface area (Å²) < 4.78 is 74.6. The molecule has 1 aromatic carbocycles. The van der Waals surface area contributed by atoms with Crippen molar-refractivity contribution in [3.8, 4) is 0 Å². The fraction of sp³-hybridized carbons (Fsp3) is 0.455. The number of halogens is 4. The topological polar surface area (TPSA) is 72.2 Å². The molecule has 0 spiro atoms. The zero-order valence-corrected chi connectivity index (χ0v) is 11.2. The normalized spacial score (nSPS) is 12.7. The largest absolute Gasteiger partial charge is 0.389 e. The number of benzene rings is 1. The summed E-state index contributed by atoms with van der Waals surface area (Å²) in [6, 6.07) is 3.35. The van der Waals surface area contributed by atoms with E-state index in [0.29, 0.717) is 5.56 Å². The fourth-order valence-corrected chi connectivity index (χ4v) is 2.59. The van der Waals surface area contributed by atoms with Crippen molar-refractivity contribution >= 4 is 10.0 Å². The van der Waals surface area contributed by atoms with Gasteiger partial charge in [0, 0.05) is 19.5 Å². The molecule has 0 aliphatic heterocycles. The maximum absolute atomic E-state index is 13.6. The van der Waals surface area contributed by atoms with E-state index in [1.165, 1.54) is 6.07 Å². The van der Waals surface area contributed by atoms with E-state index in [9.17, 15) is 26.0 Å². The van der Waals surface area contributed by atoms with Gasteiger partial charge in [-0.25, -0.2) is 17.5 Å². The molecule has 0 saturated heterocycles. The number of hydrogen-bond acceptors (Lipinski definition) is 3. The first-order chi connectivity index (χ1) is 9.15. The van der Waals surface area contributed by atoms with Crippen LogP contribution in [-0.2, 0) is 16.6 Å². The van der Waals surface area contributed by atoms with Crippen LogP contribution in [0.15, 0.2) is 23.1 Å². The van der Waals surface area contributed by atoms with Gasteiger partial charge in [-0.15, -0.1) is 0 Å². The van der Waals surface area contributed by atoms with Crippen LogP contribution in [-0.4, -0.2) is 21.1 Å². The third-order valence-electron chi connectivity index (χ3n) is 2.45. The van der Waals surface area contributed by atoms with Crippen LogP contribution < -0.4 is 10.5 Å². The van der Waals surface area contributed by atoms with Gasteiger partial charge in [0.25, 0.3) is 0 Å². The minimum absolute atomic E-state index is 0.0518. The van der Waals surface area contributed by atoms with Crippen molar-refractivity contribution in [2.24, 2.45) is 5.73 Å². The molecular formula is C11H14F4N2O2S. The van der Waals surface area contributed by atoms with Crippen LogP contribution in [0.1, 0.15) is 18.4 Å². The highest BCUT2D eigenvalue weighted by atomic mass is 32.2. The van der Waals surface area contributed by atoms with Crippen molar-refractivity contribution < 1.29 is 26.0 Å². The van der Waals surface area contributed by atoms with Gasteiger partial charge in [0.15, 0.2) is 0 Å². The molecule has 20 heavy (non-hydrogen) atoms. The minimum atomic E-state index is -4.35. The van der Waals surface area contributed by atoms with E-state index in [2.05, 4.69) is 0 Å². The Kier molecular flexibility index (Phi) is 5.49. The highest BCUT2D eigenvalue weighted by molar-refractivity contribution is 7.89. The molecule has 0 fully saturated rings. The van der Waals surface area contributed by atoms with E-state index in [1.807, 2.05) is 4.72 Å². The van der Waals surface area contributed by atoms with Crippen LogP contribution in [0, 0.1) is 5.82 Å². The van der Waals surface area contributed by atoms with Gasteiger partial charge in [-0.2, -0.15) is 13.2 Å². The maximum Gasteiger partial charge on any atom is 0.389 e. The number of alkyl halides is 3. The fourth-order valence-electron chi connectivity index (χ4n) is 1.46. The molecule has 4 nitrogen and oxygen atoms in total. The summed E-state index contributed by atoms with van der Waals surface area (Å²) in [5.74, 6) is -0.990. The molecule has 0 atom stereocenters. The molecule has 0 aliphatic carbocycles. The van der Waals surface area contributed by atoms with Crippen molar-refractivity contribution in [2.75, 3.05) is 6.54 Å². The Labute approximate surface area is 114 Å². The zero-order chi connectivity index (χ0) is 15.4. The van der Waals surface area contributed by atoms with Crippen LogP contribution in [0.4, 0.5) is 17.6 Å². The predicted molar refractivity (Wildman–Crippen MR) is 64.8 cm³/mol. The number of hydrogen-bond donors (Lipinski definition) is 2. The third-order valence-corrected chi connectivity index (χ3v) is 3.94. The zero-order valence-electron chi connectivity index (χ0n) is 10.4. The lowest BCUT2D eigenvalue weighted by atomic mass is 10.2. The molecule has 1 aromatic rings. The quantitative estimate of drug-likeness (QED) is 0.622. The highest BCUT2D eigenvalue weighted by Crippen LogP contribution is 2.21. The second-order valence-electron chi connectivity index (χ2n) is 4.09. The van der Waals surface area contributed by atoms with Crippen LogP contribution in [0.25, 0.3) is 0 Å². The van der Waals surface area contributed by atoms with Crippen LogP contribution in [0.3, 0.4) is 0 Å². The monoisotopic (exact) mass is 314 g/mol. The number of nitrogens with one attached hydrogen (secondary N) is 1. The van der Waals surface area contributed by atoms with E-state index in [-0.39, 0.29) is 6.54 Å². The van der Waals surface area contributed by atoms with E-state index < -0.39 is 46.3 Å². The average Bonchev–Trinajstić information content (AvgIpc) is 2.33. The molecule has 0 aliphatic rings. The second-order valence-corrected chi connectivity index (χ2v) is 5.82. The van der Waals surface area contributed by atoms with Gasteiger partial charge in [0.2, 0.25) is 10.0 Å². The van der Waals surface area contributed by atoms with Crippen molar-refractivity contribution in [2.45, 2.75) is 30.5 Å². The molecule has 0 heterocycles. The molecule has 0 aromatic heterocycles. The summed E-state index contributed by atoms with van der Waals surface area (Å²) >= 11 is 0. The van der Waals surface area contributed by atoms with Crippen molar-refractivity contribution in [1.82, 2.24) is 4.72 Å². The summed E-state index contributed by atoms with van der Waals surface area (Å²) in [5.41, 5.74) is 5.69. The minimum Gasteiger partial charge on any atom is -0.326 e. The lowest BCUT2D eigenvalue weighted by molar-refractivity contribution is -0.135. The maximum atomic E-state index is 13.6. The number of sulfonamides is 1. The van der Waals surface area contributed by atoms with E-state index in [1.54, 1.807) is 0 Å². The van der Waals surface area contributed by atoms with Crippen molar-refractivity contribution in [1.29, 1.82) is 0 Å². The Morgan fingerprint density at radius 1 is 1.25 bits per heavy atom. The summed E-state index contributed by atoms with van der Waals surface area (Å²) in [5, 5.41) is 0. The van der Waals surface area contributed by atoms with E-state index in [4.69, 9.17) is 5.73 Å². The molecular weight excluding hydrogens is 300 g/mol. The first kappa shape index (κ1) is 16.9. The van der Waals surface area contributed by atoms with Crippen LogP contribution >= 0.6 is 0 Å². The van der Waals surface area contributed by atoms with Crippen molar-refractivity contribution in [3.63, 3.8) is 0 Å². The van der Waals surface area contributed by atoms with Crippen LogP contribution in [0.5, 0.6) is 0 Å². The number of rotatable bonds is 6. The van der Waals surface area contributed by atoms with Gasteiger partial charge >= 0.3 is 6.18 Å². The first-order valence-corrected chi connectivity index (χ1v) is 7.19. The Balaban J connectivity index is 2.70.